The lowest BCUT2D eigenvalue weighted by molar-refractivity contribution is 0.0635. The van der Waals surface area contributed by atoms with Crippen molar-refractivity contribution < 1.29 is 18.7 Å². The van der Waals surface area contributed by atoms with E-state index in [-0.39, 0.29) is 11.6 Å². The van der Waals surface area contributed by atoms with Gasteiger partial charge >= 0.3 is 6.09 Å². The van der Waals surface area contributed by atoms with Gasteiger partial charge < -0.3 is 10.1 Å². The Balaban J connectivity index is 1.81. The summed E-state index contributed by atoms with van der Waals surface area (Å²) in [5.74, 6) is -0.979. The minimum atomic E-state index is -0.778. The third-order valence-electron chi connectivity index (χ3n) is 4.12. The van der Waals surface area contributed by atoms with Crippen LogP contribution in [-0.2, 0) is 4.74 Å². The molecule has 30 heavy (non-hydrogen) atoms. The molecule has 5 nitrogen and oxygen atoms in total. The summed E-state index contributed by atoms with van der Waals surface area (Å²) < 4.78 is 19.3. The van der Waals surface area contributed by atoms with Crippen LogP contribution in [0.5, 0.6) is 0 Å². The van der Waals surface area contributed by atoms with E-state index in [1.807, 2.05) is 42.5 Å². The summed E-state index contributed by atoms with van der Waals surface area (Å²) in [5, 5.41) is 5.13. The predicted molar refractivity (Wildman–Crippen MR) is 116 cm³/mol. The lowest BCUT2D eigenvalue weighted by atomic mass is 9.99. The molecule has 0 aliphatic rings. The fraction of sp³-hybridized carbons (Fsp3) is 0.167. The second-order valence-corrected chi connectivity index (χ2v) is 7.69. The van der Waals surface area contributed by atoms with Gasteiger partial charge in [-0.3, -0.25) is 10.1 Å². The maximum absolute atomic E-state index is 14.1. The van der Waals surface area contributed by atoms with Gasteiger partial charge in [-0.1, -0.05) is 48.5 Å². The summed E-state index contributed by atoms with van der Waals surface area (Å²) in [5.41, 5.74) is 1.72. The predicted octanol–water partition coefficient (Wildman–Crippen LogP) is 6.09. The maximum atomic E-state index is 14.1. The Morgan fingerprint density at radius 1 is 0.867 bits per heavy atom. The van der Waals surface area contributed by atoms with E-state index in [1.54, 1.807) is 32.9 Å². The van der Waals surface area contributed by atoms with Crippen LogP contribution >= 0.6 is 0 Å². The molecule has 3 aromatic rings. The minimum Gasteiger partial charge on any atom is -0.444 e. The van der Waals surface area contributed by atoms with Crippen molar-refractivity contribution in [3.8, 4) is 11.1 Å². The van der Waals surface area contributed by atoms with E-state index >= 15 is 0 Å². The van der Waals surface area contributed by atoms with Crippen molar-refractivity contribution in [3.63, 3.8) is 0 Å². The van der Waals surface area contributed by atoms with E-state index < -0.39 is 17.5 Å². The molecule has 0 heterocycles. The molecule has 0 aromatic heterocycles. The zero-order chi connectivity index (χ0) is 21.7. The summed E-state index contributed by atoms with van der Waals surface area (Å²) in [4.78, 5) is 24.8. The molecule has 0 atom stereocenters. The van der Waals surface area contributed by atoms with Gasteiger partial charge in [0.1, 0.15) is 11.4 Å². The van der Waals surface area contributed by atoms with Gasteiger partial charge in [-0.25, -0.2) is 9.18 Å². The number of carbonyl (C=O) groups excluding carboxylic acids is 2. The molecule has 0 spiro atoms. The zero-order valence-electron chi connectivity index (χ0n) is 17.0. The number of amides is 2. The monoisotopic (exact) mass is 406 g/mol. The molecule has 0 unspecified atom stereocenters. The fourth-order valence-corrected chi connectivity index (χ4v) is 2.86. The van der Waals surface area contributed by atoms with E-state index in [4.69, 9.17) is 4.74 Å². The SMILES string of the molecule is CC(C)(C)OC(=O)Nc1cc(NC(=O)c2ccccc2-c2ccccc2)ccc1F. The molecule has 154 valence electrons. The first-order valence-corrected chi connectivity index (χ1v) is 9.48. The normalized spacial score (nSPS) is 10.9. The van der Waals surface area contributed by atoms with E-state index in [9.17, 15) is 14.0 Å². The molecule has 0 saturated carbocycles. The highest BCUT2D eigenvalue weighted by atomic mass is 19.1. The van der Waals surface area contributed by atoms with Gasteiger partial charge in [-0.05, 0) is 56.2 Å². The molecule has 0 aliphatic carbocycles. The number of carbonyl (C=O) groups is 2. The second-order valence-electron chi connectivity index (χ2n) is 7.69. The Labute approximate surface area is 174 Å². The highest BCUT2D eigenvalue weighted by molar-refractivity contribution is 6.09. The van der Waals surface area contributed by atoms with Crippen molar-refractivity contribution >= 4 is 23.4 Å². The molecule has 0 aliphatic heterocycles. The molecule has 0 saturated heterocycles. The van der Waals surface area contributed by atoms with E-state index in [0.717, 1.165) is 11.1 Å². The fourth-order valence-electron chi connectivity index (χ4n) is 2.86. The average Bonchev–Trinajstić information content (AvgIpc) is 2.70. The third-order valence-corrected chi connectivity index (χ3v) is 4.12. The molecule has 0 bridgehead atoms. The van der Waals surface area contributed by atoms with Crippen LogP contribution in [0.1, 0.15) is 31.1 Å². The van der Waals surface area contributed by atoms with Gasteiger partial charge in [-0.2, -0.15) is 0 Å². The van der Waals surface area contributed by atoms with Crippen LogP contribution in [0.25, 0.3) is 11.1 Å². The van der Waals surface area contributed by atoms with Crippen LogP contribution in [0.3, 0.4) is 0 Å². The van der Waals surface area contributed by atoms with Gasteiger partial charge in [0.25, 0.3) is 5.91 Å². The van der Waals surface area contributed by atoms with Crippen LogP contribution < -0.4 is 10.6 Å². The highest BCUT2D eigenvalue weighted by Crippen LogP contribution is 2.26. The van der Waals surface area contributed by atoms with Crippen molar-refractivity contribution in [2.75, 3.05) is 10.6 Å². The largest absolute Gasteiger partial charge is 0.444 e. The third kappa shape index (κ3) is 5.44. The second kappa shape index (κ2) is 8.78. The lowest BCUT2D eigenvalue weighted by Crippen LogP contribution is -2.27. The number of hydrogen-bond donors (Lipinski definition) is 2. The van der Waals surface area contributed by atoms with Crippen LogP contribution in [-0.4, -0.2) is 17.6 Å². The number of benzene rings is 3. The maximum Gasteiger partial charge on any atom is 0.412 e. The molecule has 2 amide bonds. The summed E-state index contributed by atoms with van der Waals surface area (Å²) in [6.45, 7) is 5.14. The number of anilines is 2. The number of rotatable bonds is 4. The van der Waals surface area contributed by atoms with Crippen molar-refractivity contribution in [1.82, 2.24) is 0 Å². The van der Waals surface area contributed by atoms with Gasteiger partial charge in [0.05, 0.1) is 5.69 Å². The van der Waals surface area contributed by atoms with Gasteiger partial charge in [0, 0.05) is 11.3 Å². The zero-order valence-corrected chi connectivity index (χ0v) is 17.0. The minimum absolute atomic E-state index is 0.0848. The topological polar surface area (TPSA) is 67.4 Å². The van der Waals surface area contributed by atoms with Crippen molar-refractivity contribution in [1.29, 1.82) is 0 Å². The Hall–Kier alpha value is -3.67. The van der Waals surface area contributed by atoms with Gasteiger partial charge in [0.15, 0.2) is 0 Å². The first-order chi connectivity index (χ1) is 14.2. The molecule has 0 fully saturated rings. The number of halogens is 1. The number of hydrogen-bond acceptors (Lipinski definition) is 3. The molecule has 6 heteroatoms. The summed E-state index contributed by atoms with van der Waals surface area (Å²) in [6, 6.07) is 20.7. The van der Waals surface area contributed by atoms with Crippen molar-refractivity contribution in [2.45, 2.75) is 26.4 Å². The van der Waals surface area contributed by atoms with Crippen LogP contribution in [0.15, 0.2) is 72.8 Å². The highest BCUT2D eigenvalue weighted by Gasteiger charge is 2.18. The smallest absolute Gasteiger partial charge is 0.412 e. The molecule has 3 rings (SSSR count). The Kier molecular flexibility index (Phi) is 6.16. The Morgan fingerprint density at radius 2 is 1.53 bits per heavy atom. The lowest BCUT2D eigenvalue weighted by Gasteiger charge is -2.20. The molecular weight excluding hydrogens is 383 g/mol. The van der Waals surface area contributed by atoms with Crippen molar-refractivity contribution in [2.24, 2.45) is 0 Å². The summed E-state index contributed by atoms with van der Waals surface area (Å²) in [6.07, 6.45) is -0.778. The van der Waals surface area contributed by atoms with Gasteiger partial charge in [-0.15, -0.1) is 0 Å². The Morgan fingerprint density at radius 3 is 2.23 bits per heavy atom. The van der Waals surface area contributed by atoms with Crippen molar-refractivity contribution in [3.05, 3.63) is 84.2 Å². The number of ether oxygens (including phenoxy) is 1. The molecule has 3 aromatic carbocycles. The van der Waals surface area contributed by atoms with Crippen LogP contribution in [0, 0.1) is 5.82 Å². The average molecular weight is 406 g/mol. The standard InChI is InChI=1S/C24H23FN2O3/c1-24(2,3)30-23(29)27-21-15-17(13-14-20(21)25)26-22(28)19-12-8-7-11-18(19)16-9-5-4-6-10-16/h4-15H,1-3H3,(H,26,28)(H,27,29). The first-order valence-electron chi connectivity index (χ1n) is 9.48. The Bertz CT molecular complexity index is 1060. The summed E-state index contributed by atoms with van der Waals surface area (Å²) >= 11 is 0. The number of nitrogens with one attached hydrogen (secondary N) is 2. The molecule has 0 radical (unpaired) electrons. The van der Waals surface area contributed by atoms with Gasteiger partial charge in [0.2, 0.25) is 0 Å². The quantitative estimate of drug-likeness (QED) is 0.551. The van der Waals surface area contributed by atoms with E-state index in [0.29, 0.717) is 11.3 Å². The van der Waals surface area contributed by atoms with Crippen LogP contribution in [0.2, 0.25) is 0 Å². The summed E-state index contributed by atoms with van der Waals surface area (Å²) in [7, 11) is 0. The first kappa shape index (κ1) is 21.0. The van der Waals surface area contributed by atoms with E-state index in [2.05, 4.69) is 10.6 Å². The molecular formula is C24H23FN2O3. The van der Waals surface area contributed by atoms with Crippen LogP contribution in [0.4, 0.5) is 20.6 Å². The molecule has 2 N–H and O–H groups in total. The van der Waals surface area contributed by atoms with E-state index in [1.165, 1.54) is 18.2 Å².